The van der Waals surface area contributed by atoms with Gasteiger partial charge in [0.1, 0.15) is 17.7 Å². The van der Waals surface area contributed by atoms with Gasteiger partial charge < -0.3 is 9.63 Å². The molecule has 1 saturated heterocycles. The second kappa shape index (κ2) is 8.64. The van der Waals surface area contributed by atoms with E-state index in [2.05, 4.69) is 5.32 Å². The number of aliphatic hydroxyl groups excluding tert-OH is 1. The standard InChI is InChI=1S/C24H26NO3P/c1-2-21(26)29(27)24(20-16-10-5-11-17-20)25-22(18-12-6-3-7-13-18)23(28-29)19-14-8-4-9-15-19/h3-17,21-26H,2H2,1H3/t21-,22-,23+,24-,29?/m1/s1. The van der Waals surface area contributed by atoms with Gasteiger partial charge in [-0.2, -0.15) is 0 Å². The Bertz CT molecular complexity index is 965. The van der Waals surface area contributed by atoms with E-state index in [0.717, 1.165) is 16.7 Å². The predicted molar refractivity (Wildman–Crippen MR) is 116 cm³/mol. The number of hydrogen-bond donors (Lipinski definition) is 2. The molecule has 0 radical (unpaired) electrons. The van der Waals surface area contributed by atoms with Gasteiger partial charge in [-0.3, -0.25) is 9.88 Å². The molecular formula is C24H26NO3P. The largest absolute Gasteiger partial charge is 0.383 e. The average molecular weight is 407 g/mol. The second-order valence-corrected chi connectivity index (χ2v) is 9.95. The molecule has 4 rings (SSSR count). The molecule has 0 amide bonds. The van der Waals surface area contributed by atoms with Crippen LogP contribution in [0.3, 0.4) is 0 Å². The molecule has 1 aliphatic heterocycles. The number of benzene rings is 3. The van der Waals surface area contributed by atoms with E-state index in [1.165, 1.54) is 0 Å². The van der Waals surface area contributed by atoms with E-state index < -0.39 is 25.1 Å². The molecule has 29 heavy (non-hydrogen) atoms. The van der Waals surface area contributed by atoms with E-state index in [9.17, 15) is 9.67 Å². The molecule has 0 aromatic heterocycles. The van der Waals surface area contributed by atoms with Crippen LogP contribution in [0.1, 0.15) is 48.0 Å². The molecule has 1 unspecified atom stereocenters. The summed E-state index contributed by atoms with van der Waals surface area (Å²) in [6.45, 7) is 1.83. The lowest BCUT2D eigenvalue weighted by Crippen LogP contribution is -2.39. The molecule has 1 aliphatic rings. The highest BCUT2D eigenvalue weighted by atomic mass is 31.2. The smallest absolute Gasteiger partial charge is 0.252 e. The van der Waals surface area contributed by atoms with Crippen molar-refractivity contribution in [3.63, 3.8) is 0 Å². The van der Waals surface area contributed by atoms with Gasteiger partial charge in [-0.05, 0) is 23.1 Å². The van der Waals surface area contributed by atoms with Crippen LogP contribution < -0.4 is 5.32 Å². The lowest BCUT2D eigenvalue weighted by molar-refractivity contribution is 0.0976. The predicted octanol–water partition coefficient (Wildman–Crippen LogP) is 5.79. The van der Waals surface area contributed by atoms with E-state index in [4.69, 9.17) is 4.52 Å². The summed E-state index contributed by atoms with van der Waals surface area (Å²) >= 11 is 0. The topological polar surface area (TPSA) is 58.6 Å². The van der Waals surface area contributed by atoms with Gasteiger partial charge in [-0.1, -0.05) is 97.9 Å². The Labute approximate surface area is 172 Å². The van der Waals surface area contributed by atoms with Crippen molar-refractivity contribution in [2.45, 2.75) is 37.1 Å². The highest BCUT2D eigenvalue weighted by Gasteiger charge is 2.50. The summed E-state index contributed by atoms with van der Waals surface area (Å²) in [7, 11) is -3.47. The number of aliphatic hydroxyl groups is 1. The maximum Gasteiger partial charge on any atom is 0.252 e. The first-order valence-electron chi connectivity index (χ1n) is 10.00. The molecule has 150 valence electrons. The maximum atomic E-state index is 14.1. The molecule has 0 spiro atoms. The van der Waals surface area contributed by atoms with Gasteiger partial charge in [0.15, 0.2) is 0 Å². The Morgan fingerprint density at radius 3 is 1.86 bits per heavy atom. The van der Waals surface area contributed by atoms with E-state index >= 15 is 0 Å². The van der Waals surface area contributed by atoms with E-state index in [1.54, 1.807) is 0 Å². The van der Waals surface area contributed by atoms with E-state index in [-0.39, 0.29) is 6.04 Å². The highest BCUT2D eigenvalue weighted by molar-refractivity contribution is 7.59. The van der Waals surface area contributed by atoms with Crippen molar-refractivity contribution in [1.29, 1.82) is 0 Å². The molecule has 0 aliphatic carbocycles. The Hall–Kier alpha value is -2.23. The lowest BCUT2D eigenvalue weighted by atomic mass is 9.95. The van der Waals surface area contributed by atoms with Gasteiger partial charge in [-0.15, -0.1) is 0 Å². The van der Waals surface area contributed by atoms with Crippen molar-refractivity contribution >= 4 is 7.37 Å². The van der Waals surface area contributed by atoms with Crippen molar-refractivity contribution in [3.05, 3.63) is 108 Å². The monoisotopic (exact) mass is 407 g/mol. The summed E-state index contributed by atoms with van der Waals surface area (Å²) in [5.41, 5.74) is 2.85. The van der Waals surface area contributed by atoms with Crippen molar-refractivity contribution in [1.82, 2.24) is 5.32 Å². The Morgan fingerprint density at radius 1 is 0.862 bits per heavy atom. The second-order valence-electron chi connectivity index (χ2n) is 7.34. The van der Waals surface area contributed by atoms with Crippen LogP contribution in [0.15, 0.2) is 91.0 Å². The van der Waals surface area contributed by atoms with Crippen LogP contribution in [0.5, 0.6) is 0 Å². The third kappa shape index (κ3) is 3.94. The van der Waals surface area contributed by atoms with Crippen molar-refractivity contribution < 1.29 is 14.2 Å². The van der Waals surface area contributed by atoms with E-state index in [0.29, 0.717) is 6.42 Å². The lowest BCUT2D eigenvalue weighted by Gasteiger charge is -2.44. The Morgan fingerprint density at radius 2 is 1.34 bits per heavy atom. The van der Waals surface area contributed by atoms with Crippen LogP contribution in [-0.2, 0) is 9.09 Å². The first-order valence-corrected chi connectivity index (χ1v) is 11.8. The first kappa shape index (κ1) is 20.1. The fraction of sp³-hybridized carbons (Fsp3) is 0.250. The van der Waals surface area contributed by atoms with Crippen LogP contribution >= 0.6 is 7.37 Å². The molecule has 0 saturated carbocycles. The third-order valence-electron chi connectivity index (χ3n) is 5.46. The third-order valence-corrected chi connectivity index (χ3v) is 8.38. The summed E-state index contributed by atoms with van der Waals surface area (Å²) in [4.78, 5) is 0. The zero-order valence-electron chi connectivity index (χ0n) is 16.4. The number of hydrogen-bond acceptors (Lipinski definition) is 4. The highest BCUT2D eigenvalue weighted by Crippen LogP contribution is 2.69. The van der Waals surface area contributed by atoms with Crippen LogP contribution in [0.25, 0.3) is 0 Å². The van der Waals surface area contributed by atoms with Gasteiger partial charge >= 0.3 is 0 Å². The molecule has 0 bridgehead atoms. The fourth-order valence-electron chi connectivity index (χ4n) is 3.92. The molecule has 3 aromatic rings. The zero-order chi connectivity index (χ0) is 20.3. The number of rotatable bonds is 5. The molecule has 1 fully saturated rings. The van der Waals surface area contributed by atoms with Gasteiger partial charge in [0.25, 0.3) is 7.37 Å². The quantitative estimate of drug-likeness (QED) is 0.525. The van der Waals surface area contributed by atoms with Crippen LogP contribution in [0, 0.1) is 0 Å². The summed E-state index contributed by atoms with van der Waals surface area (Å²) < 4.78 is 20.5. The van der Waals surface area contributed by atoms with Gasteiger partial charge in [0.05, 0.1) is 6.04 Å². The molecule has 4 nitrogen and oxygen atoms in total. The van der Waals surface area contributed by atoms with Gasteiger partial charge in [-0.25, -0.2) is 0 Å². The fourth-order valence-corrected chi connectivity index (χ4v) is 6.59. The van der Waals surface area contributed by atoms with Crippen molar-refractivity contribution in [2.75, 3.05) is 0 Å². The summed E-state index contributed by atoms with van der Waals surface area (Å²) in [5, 5.41) is 14.4. The van der Waals surface area contributed by atoms with Crippen LogP contribution in [0.4, 0.5) is 0 Å². The SMILES string of the molecule is CC[C@H](O)P1(=O)O[C@@H](c2ccccc2)[C@@H](c2ccccc2)N[C@H]1c1ccccc1. The summed E-state index contributed by atoms with van der Waals surface area (Å²) in [6.07, 6.45) is -0.106. The molecule has 1 heterocycles. The minimum Gasteiger partial charge on any atom is -0.383 e. The number of nitrogens with one attached hydrogen (secondary N) is 1. The summed E-state index contributed by atoms with van der Waals surface area (Å²) in [5.74, 6) is -1.62. The van der Waals surface area contributed by atoms with Gasteiger partial charge in [0.2, 0.25) is 0 Å². The van der Waals surface area contributed by atoms with E-state index in [1.807, 2.05) is 97.9 Å². The van der Waals surface area contributed by atoms with Crippen LogP contribution in [-0.4, -0.2) is 11.0 Å². The molecule has 5 atom stereocenters. The normalized spacial score (nSPS) is 28.0. The summed E-state index contributed by atoms with van der Waals surface area (Å²) in [6, 6.07) is 29.3. The first-order chi connectivity index (χ1) is 14.1. The van der Waals surface area contributed by atoms with Gasteiger partial charge in [0, 0.05) is 0 Å². The maximum absolute atomic E-state index is 14.1. The molecule has 5 heteroatoms. The Balaban J connectivity index is 1.83. The minimum absolute atomic E-state index is 0.199. The molecule has 3 aromatic carbocycles. The van der Waals surface area contributed by atoms with Crippen molar-refractivity contribution in [3.8, 4) is 0 Å². The van der Waals surface area contributed by atoms with Crippen molar-refractivity contribution in [2.24, 2.45) is 0 Å². The average Bonchev–Trinajstić information content (AvgIpc) is 2.80. The minimum atomic E-state index is -3.47. The molecular weight excluding hydrogens is 381 g/mol. The Kier molecular flexibility index (Phi) is 5.98. The van der Waals surface area contributed by atoms with Crippen LogP contribution in [0.2, 0.25) is 0 Å². The zero-order valence-corrected chi connectivity index (χ0v) is 17.3. The molecule has 2 N–H and O–H groups in total.